The van der Waals surface area contributed by atoms with Gasteiger partial charge in [-0.15, -0.1) is 13.2 Å². The fraction of sp³-hybridized carbons (Fsp3) is 0.361. The number of rotatable bonds is 11. The molecule has 8 heteroatoms. The van der Waals surface area contributed by atoms with Gasteiger partial charge in [0.05, 0.1) is 24.0 Å². The number of ether oxygens (including phenoxy) is 1. The first kappa shape index (κ1) is 29.8. The Bertz CT molecular complexity index is 1610. The lowest BCUT2D eigenvalue weighted by molar-refractivity contribution is -0.150. The molecule has 1 spiro atoms. The summed E-state index contributed by atoms with van der Waals surface area (Å²) in [6.07, 6.45) is 4.34. The van der Waals surface area contributed by atoms with E-state index in [9.17, 15) is 19.5 Å². The van der Waals surface area contributed by atoms with Crippen LogP contribution >= 0.6 is 0 Å². The summed E-state index contributed by atoms with van der Waals surface area (Å²) in [5.74, 6) is -2.45. The van der Waals surface area contributed by atoms with E-state index in [1.165, 1.54) is 4.90 Å². The smallest absolute Gasteiger partial charge is 0.253 e. The van der Waals surface area contributed by atoms with Crippen LogP contribution in [0.3, 0.4) is 0 Å². The van der Waals surface area contributed by atoms with Gasteiger partial charge in [0, 0.05) is 31.9 Å². The predicted octanol–water partition coefficient (Wildman–Crippen LogP) is 4.33. The number of aliphatic hydroxyl groups is 1. The fourth-order valence-corrected chi connectivity index (χ4v) is 7.76. The molecule has 0 aromatic heterocycles. The third kappa shape index (κ3) is 4.73. The zero-order chi connectivity index (χ0) is 31.1. The number of likely N-dealkylation sites (tertiary alicyclic amines) is 1. The van der Waals surface area contributed by atoms with E-state index in [1.54, 1.807) is 22.0 Å². The number of fused-ring (bicyclic) bond motifs is 2. The van der Waals surface area contributed by atoms with Gasteiger partial charge in [0.15, 0.2) is 0 Å². The third-order valence-electron chi connectivity index (χ3n) is 9.62. The zero-order valence-corrected chi connectivity index (χ0v) is 25.1. The Labute approximate surface area is 258 Å². The molecular formula is C36H39N3O5. The van der Waals surface area contributed by atoms with Crippen LogP contribution in [0.5, 0.6) is 0 Å². The average molecular weight is 594 g/mol. The Morgan fingerprint density at radius 2 is 1.68 bits per heavy atom. The van der Waals surface area contributed by atoms with Gasteiger partial charge in [-0.2, -0.15) is 0 Å². The molecule has 3 saturated heterocycles. The summed E-state index contributed by atoms with van der Waals surface area (Å²) in [6.45, 7) is 10.2. The quantitative estimate of drug-likeness (QED) is 0.335. The summed E-state index contributed by atoms with van der Waals surface area (Å²) in [4.78, 5) is 48.2. The van der Waals surface area contributed by atoms with Gasteiger partial charge in [-0.3, -0.25) is 14.4 Å². The van der Waals surface area contributed by atoms with Crippen LogP contribution in [-0.2, 0) is 25.7 Å². The van der Waals surface area contributed by atoms with Crippen LogP contribution in [0.25, 0.3) is 10.8 Å². The molecule has 6 rings (SSSR count). The highest BCUT2D eigenvalue weighted by Crippen LogP contribution is 2.63. The van der Waals surface area contributed by atoms with Crippen LogP contribution < -0.4 is 4.90 Å². The number of amides is 3. The molecule has 0 saturated carbocycles. The zero-order valence-electron chi connectivity index (χ0n) is 25.1. The Balaban J connectivity index is 1.39. The van der Waals surface area contributed by atoms with Gasteiger partial charge in [-0.1, -0.05) is 72.8 Å². The number of hydrogen-bond acceptors (Lipinski definition) is 5. The van der Waals surface area contributed by atoms with Crippen LogP contribution in [0, 0.1) is 11.8 Å². The molecule has 5 atom stereocenters. The monoisotopic (exact) mass is 593 g/mol. The molecule has 2 unspecified atom stereocenters. The number of anilines is 1. The predicted molar refractivity (Wildman–Crippen MR) is 170 cm³/mol. The molecule has 3 heterocycles. The first-order valence-corrected chi connectivity index (χ1v) is 15.2. The Morgan fingerprint density at radius 3 is 2.39 bits per heavy atom. The van der Waals surface area contributed by atoms with Crippen molar-refractivity contribution in [1.82, 2.24) is 9.80 Å². The highest BCUT2D eigenvalue weighted by molar-refractivity contribution is 6.06. The number of benzene rings is 3. The topological polar surface area (TPSA) is 90.4 Å². The fourth-order valence-electron chi connectivity index (χ4n) is 7.76. The normalized spacial score (nSPS) is 26.9. The van der Waals surface area contributed by atoms with Crippen LogP contribution in [0.1, 0.15) is 25.3 Å². The van der Waals surface area contributed by atoms with Gasteiger partial charge in [0.25, 0.3) is 5.91 Å². The first-order chi connectivity index (χ1) is 21.3. The molecule has 2 bridgehead atoms. The van der Waals surface area contributed by atoms with E-state index in [-0.39, 0.29) is 37.4 Å². The number of carbonyl (C=O) groups excluding carboxylic acids is 3. The molecular weight excluding hydrogens is 554 g/mol. The number of hydrogen-bond donors (Lipinski definition) is 1. The minimum atomic E-state index is -1.19. The molecule has 0 radical (unpaired) electrons. The van der Waals surface area contributed by atoms with Crippen molar-refractivity contribution in [1.29, 1.82) is 0 Å². The molecule has 0 aliphatic carbocycles. The van der Waals surface area contributed by atoms with Gasteiger partial charge in [0.2, 0.25) is 11.8 Å². The summed E-state index contributed by atoms with van der Waals surface area (Å²) in [5.41, 5.74) is -0.462. The maximum Gasteiger partial charge on any atom is 0.253 e. The highest BCUT2D eigenvalue weighted by atomic mass is 16.5. The Morgan fingerprint density at radius 1 is 0.977 bits per heavy atom. The molecule has 3 aliphatic heterocycles. The number of nitrogens with zero attached hydrogens (tertiary/aromatic N) is 3. The van der Waals surface area contributed by atoms with E-state index < -0.39 is 29.1 Å². The van der Waals surface area contributed by atoms with Gasteiger partial charge in [0.1, 0.15) is 11.6 Å². The Hall–Kier alpha value is -4.27. The second-order valence-corrected chi connectivity index (χ2v) is 12.2. The minimum Gasteiger partial charge on any atom is -0.395 e. The molecule has 3 aromatic rings. The number of carbonyl (C=O) groups is 3. The van der Waals surface area contributed by atoms with Crippen molar-refractivity contribution in [2.75, 3.05) is 31.1 Å². The molecule has 44 heavy (non-hydrogen) atoms. The maximum atomic E-state index is 14.7. The molecule has 3 aromatic carbocycles. The van der Waals surface area contributed by atoms with E-state index >= 15 is 0 Å². The number of β-amino-alcohol motifs (C(OH)–C–C–N with tert-alkyl or cyclic N) is 1. The summed E-state index contributed by atoms with van der Waals surface area (Å²) >= 11 is 0. The van der Waals surface area contributed by atoms with Crippen molar-refractivity contribution in [3.05, 3.63) is 104 Å². The summed E-state index contributed by atoms with van der Waals surface area (Å²) in [5, 5.41) is 12.1. The molecule has 1 N–H and O–H groups in total. The van der Waals surface area contributed by atoms with Crippen molar-refractivity contribution < 1.29 is 24.2 Å². The van der Waals surface area contributed by atoms with Crippen molar-refractivity contribution in [3.63, 3.8) is 0 Å². The van der Waals surface area contributed by atoms with Gasteiger partial charge in [-0.25, -0.2) is 0 Å². The SMILES string of the molecule is C=CCN(Cc1ccccc1)C(=O)[C@@H]1[C@H]2C(=O)N(CCO)C(C(=O)N(CC=C)c3ccc4ccccc4c3)C23CC[C@@]1(C)O3. The minimum absolute atomic E-state index is 0.0332. The van der Waals surface area contributed by atoms with Crippen LogP contribution in [-0.4, -0.2) is 76.1 Å². The summed E-state index contributed by atoms with van der Waals surface area (Å²) in [7, 11) is 0. The summed E-state index contributed by atoms with van der Waals surface area (Å²) < 4.78 is 6.81. The summed E-state index contributed by atoms with van der Waals surface area (Å²) in [6, 6.07) is 22.4. The molecule has 3 aliphatic rings. The van der Waals surface area contributed by atoms with Crippen LogP contribution in [0.4, 0.5) is 5.69 Å². The third-order valence-corrected chi connectivity index (χ3v) is 9.62. The van der Waals surface area contributed by atoms with Crippen molar-refractivity contribution in [3.8, 4) is 0 Å². The molecule has 3 amide bonds. The second kappa shape index (κ2) is 11.7. The van der Waals surface area contributed by atoms with Crippen molar-refractivity contribution in [2.24, 2.45) is 11.8 Å². The first-order valence-electron chi connectivity index (χ1n) is 15.2. The van der Waals surface area contributed by atoms with E-state index in [1.807, 2.05) is 79.7 Å². The van der Waals surface area contributed by atoms with Gasteiger partial charge < -0.3 is 24.5 Å². The van der Waals surface area contributed by atoms with Crippen LogP contribution in [0.2, 0.25) is 0 Å². The lowest BCUT2D eigenvalue weighted by Crippen LogP contribution is -2.57. The largest absolute Gasteiger partial charge is 0.395 e. The second-order valence-electron chi connectivity index (χ2n) is 12.2. The van der Waals surface area contributed by atoms with E-state index in [0.717, 1.165) is 16.3 Å². The Kier molecular flexibility index (Phi) is 7.90. The van der Waals surface area contributed by atoms with Crippen LogP contribution in [0.15, 0.2) is 98.1 Å². The lowest BCUT2D eigenvalue weighted by Gasteiger charge is -2.37. The standard InChI is InChI=1S/C36H39N3O5/c1-4-19-37(24-25-11-7-6-8-12-25)32(41)29-30-33(42)39(21-22-40)31(36(30)18-17-35(29,3)44-36)34(43)38(20-5-2)28-16-15-26-13-9-10-14-27(26)23-28/h4-16,23,29-31,40H,1-2,17-22,24H2,3H3/t29-,30-,31?,35+,36?/m0/s1. The molecule has 8 nitrogen and oxygen atoms in total. The van der Waals surface area contributed by atoms with Gasteiger partial charge in [-0.05, 0) is 48.2 Å². The lowest BCUT2D eigenvalue weighted by atomic mass is 9.66. The molecule has 3 fully saturated rings. The average Bonchev–Trinajstić information content (AvgIpc) is 3.60. The van der Waals surface area contributed by atoms with Crippen molar-refractivity contribution in [2.45, 2.75) is 43.6 Å². The number of aliphatic hydroxyl groups excluding tert-OH is 1. The van der Waals surface area contributed by atoms with E-state index in [0.29, 0.717) is 31.6 Å². The molecule has 228 valence electrons. The highest BCUT2D eigenvalue weighted by Gasteiger charge is 2.78. The van der Waals surface area contributed by atoms with Crippen molar-refractivity contribution >= 4 is 34.2 Å². The van der Waals surface area contributed by atoms with E-state index in [4.69, 9.17) is 4.74 Å². The maximum absolute atomic E-state index is 14.7. The van der Waals surface area contributed by atoms with Gasteiger partial charge >= 0.3 is 0 Å². The van der Waals surface area contributed by atoms with E-state index in [2.05, 4.69) is 13.2 Å².